The van der Waals surface area contributed by atoms with E-state index in [1.54, 1.807) is 39.0 Å². The molecule has 1 aromatic carbocycles. The van der Waals surface area contributed by atoms with Crippen LogP contribution in [0.3, 0.4) is 0 Å². The van der Waals surface area contributed by atoms with E-state index in [0.29, 0.717) is 5.56 Å². The predicted octanol–water partition coefficient (Wildman–Crippen LogP) is 0.873. The molecule has 1 aromatic rings. The minimum atomic E-state index is -3.66. The Bertz CT molecular complexity index is 830. The summed E-state index contributed by atoms with van der Waals surface area (Å²) < 4.78 is 26.4. The molecule has 25 heavy (non-hydrogen) atoms. The highest BCUT2D eigenvalue weighted by molar-refractivity contribution is 7.90. The summed E-state index contributed by atoms with van der Waals surface area (Å²) in [5.41, 5.74) is -0.288. The van der Waals surface area contributed by atoms with Crippen molar-refractivity contribution in [3.05, 3.63) is 29.8 Å². The fourth-order valence-corrected chi connectivity index (χ4v) is 3.64. The van der Waals surface area contributed by atoms with Crippen molar-refractivity contribution >= 4 is 27.7 Å². The first kappa shape index (κ1) is 18.9. The third-order valence-corrected chi connectivity index (χ3v) is 5.19. The zero-order valence-corrected chi connectivity index (χ0v) is 15.1. The lowest BCUT2D eigenvalue weighted by Gasteiger charge is -2.26. The first-order valence-electron chi connectivity index (χ1n) is 7.76. The second-order valence-corrected chi connectivity index (χ2v) is 8.17. The van der Waals surface area contributed by atoms with Crippen LogP contribution in [0.5, 0.6) is 0 Å². The van der Waals surface area contributed by atoms with E-state index in [1.807, 2.05) is 0 Å². The fraction of sp³-hybridized carbons (Fsp3) is 0.438. The first-order chi connectivity index (χ1) is 11.5. The van der Waals surface area contributed by atoms with E-state index in [2.05, 4.69) is 15.0 Å². The molecular weight excluding hydrogens is 346 g/mol. The Labute approximate surface area is 146 Å². The van der Waals surface area contributed by atoms with Crippen LogP contribution in [0.4, 0.5) is 0 Å². The van der Waals surface area contributed by atoms with Crippen molar-refractivity contribution in [3.8, 4) is 0 Å². The molecule has 0 saturated heterocycles. The Morgan fingerprint density at radius 2 is 1.96 bits per heavy atom. The van der Waals surface area contributed by atoms with Gasteiger partial charge in [0.05, 0.1) is 4.90 Å². The molecule has 0 radical (unpaired) electrons. The summed E-state index contributed by atoms with van der Waals surface area (Å²) in [5.74, 6) is -1.22. The molecular formula is C16H21N3O5S. The van der Waals surface area contributed by atoms with Gasteiger partial charge in [0.25, 0.3) is 10.0 Å². The van der Waals surface area contributed by atoms with Gasteiger partial charge >= 0.3 is 5.97 Å². The van der Waals surface area contributed by atoms with Crippen LogP contribution >= 0.6 is 0 Å². The Hall–Kier alpha value is -2.42. The lowest BCUT2D eigenvalue weighted by Crippen LogP contribution is -2.47. The van der Waals surface area contributed by atoms with Crippen molar-refractivity contribution in [2.45, 2.75) is 50.1 Å². The molecule has 0 spiro atoms. The number of carboxylic acid groups (broad SMARTS) is 1. The molecule has 1 unspecified atom stereocenters. The highest BCUT2D eigenvalue weighted by Gasteiger charge is 2.31. The maximum atomic E-state index is 12.3. The van der Waals surface area contributed by atoms with Crippen LogP contribution in [0.2, 0.25) is 0 Å². The highest BCUT2D eigenvalue weighted by atomic mass is 32.2. The van der Waals surface area contributed by atoms with Gasteiger partial charge in [0.15, 0.2) is 0 Å². The van der Waals surface area contributed by atoms with Crippen molar-refractivity contribution in [2.75, 3.05) is 0 Å². The number of aliphatic carboxylic acids is 1. The predicted molar refractivity (Wildman–Crippen MR) is 91.9 cm³/mol. The number of hydrogen-bond donors (Lipinski definition) is 3. The molecule has 1 heterocycles. The monoisotopic (exact) mass is 367 g/mol. The SMILES string of the molecule is CC(N=C1NS(=O)(=O)c2ccccc21)C(=O)NC(C)(C)CCC(=O)O. The molecule has 1 aliphatic rings. The van der Waals surface area contributed by atoms with Crippen LogP contribution in [-0.4, -0.2) is 42.8 Å². The van der Waals surface area contributed by atoms with E-state index in [1.165, 1.54) is 6.07 Å². The van der Waals surface area contributed by atoms with Gasteiger partial charge in [-0.25, -0.2) is 8.42 Å². The molecule has 8 nitrogen and oxygen atoms in total. The number of nitrogens with one attached hydrogen (secondary N) is 2. The molecule has 1 aliphatic heterocycles. The topological polar surface area (TPSA) is 125 Å². The maximum absolute atomic E-state index is 12.3. The van der Waals surface area contributed by atoms with Crippen molar-refractivity contribution in [1.82, 2.24) is 10.0 Å². The largest absolute Gasteiger partial charge is 0.481 e. The van der Waals surface area contributed by atoms with E-state index in [9.17, 15) is 18.0 Å². The number of amidine groups is 1. The van der Waals surface area contributed by atoms with E-state index >= 15 is 0 Å². The van der Waals surface area contributed by atoms with Crippen LogP contribution in [0.1, 0.15) is 39.2 Å². The average molecular weight is 367 g/mol. The summed E-state index contributed by atoms with van der Waals surface area (Å²) in [5, 5.41) is 11.5. The Balaban J connectivity index is 2.14. The Morgan fingerprint density at radius 3 is 2.60 bits per heavy atom. The summed E-state index contributed by atoms with van der Waals surface area (Å²) in [4.78, 5) is 27.3. The summed E-state index contributed by atoms with van der Waals surface area (Å²) in [7, 11) is -3.66. The van der Waals surface area contributed by atoms with Crippen LogP contribution in [0.25, 0.3) is 0 Å². The van der Waals surface area contributed by atoms with Gasteiger partial charge in [-0.3, -0.25) is 19.3 Å². The van der Waals surface area contributed by atoms with E-state index in [-0.39, 0.29) is 23.6 Å². The normalized spacial score (nSPS) is 18.3. The van der Waals surface area contributed by atoms with Gasteiger partial charge in [-0.2, -0.15) is 0 Å². The summed E-state index contributed by atoms with van der Waals surface area (Å²) in [6.45, 7) is 4.99. The number of sulfonamides is 1. The molecule has 0 bridgehead atoms. The van der Waals surface area contributed by atoms with Gasteiger partial charge < -0.3 is 10.4 Å². The number of aliphatic imine (C=N–C) groups is 1. The zero-order chi connectivity index (χ0) is 18.8. The number of carboxylic acids is 1. The minimum Gasteiger partial charge on any atom is -0.481 e. The van der Waals surface area contributed by atoms with Crippen molar-refractivity contribution in [1.29, 1.82) is 0 Å². The number of amides is 1. The summed E-state index contributed by atoms with van der Waals surface area (Å²) in [6.07, 6.45) is 0.205. The number of benzene rings is 1. The van der Waals surface area contributed by atoms with E-state index in [4.69, 9.17) is 5.11 Å². The molecule has 0 aromatic heterocycles. The smallest absolute Gasteiger partial charge is 0.303 e. The molecule has 0 saturated carbocycles. The van der Waals surface area contributed by atoms with Crippen LogP contribution in [0.15, 0.2) is 34.2 Å². The molecule has 9 heteroatoms. The van der Waals surface area contributed by atoms with Gasteiger partial charge in [-0.05, 0) is 39.3 Å². The van der Waals surface area contributed by atoms with Crippen molar-refractivity contribution in [3.63, 3.8) is 0 Å². The molecule has 3 N–H and O–H groups in total. The number of carbonyl (C=O) groups is 2. The number of fused-ring (bicyclic) bond motifs is 1. The highest BCUT2D eigenvalue weighted by Crippen LogP contribution is 2.22. The van der Waals surface area contributed by atoms with Gasteiger partial charge in [0.1, 0.15) is 11.9 Å². The molecule has 2 rings (SSSR count). The molecule has 0 aliphatic carbocycles. The summed E-state index contributed by atoms with van der Waals surface area (Å²) >= 11 is 0. The van der Waals surface area contributed by atoms with Crippen LogP contribution in [-0.2, 0) is 19.6 Å². The fourth-order valence-electron chi connectivity index (χ4n) is 2.40. The average Bonchev–Trinajstić information content (AvgIpc) is 2.76. The third-order valence-electron chi connectivity index (χ3n) is 3.79. The van der Waals surface area contributed by atoms with Crippen molar-refractivity contribution < 1.29 is 23.1 Å². The number of hydrogen-bond acceptors (Lipinski definition) is 5. The molecule has 1 amide bonds. The Morgan fingerprint density at radius 1 is 1.32 bits per heavy atom. The molecule has 136 valence electrons. The van der Waals surface area contributed by atoms with Crippen LogP contribution in [0, 0.1) is 0 Å². The van der Waals surface area contributed by atoms with Gasteiger partial charge in [-0.15, -0.1) is 0 Å². The third kappa shape index (κ3) is 4.56. The van der Waals surface area contributed by atoms with Gasteiger partial charge in [-0.1, -0.05) is 12.1 Å². The minimum absolute atomic E-state index is 0.0661. The van der Waals surface area contributed by atoms with E-state index in [0.717, 1.165) is 0 Å². The van der Waals surface area contributed by atoms with Crippen LogP contribution < -0.4 is 10.0 Å². The lowest BCUT2D eigenvalue weighted by molar-refractivity contribution is -0.137. The van der Waals surface area contributed by atoms with Crippen molar-refractivity contribution in [2.24, 2.45) is 4.99 Å². The number of nitrogens with zero attached hydrogens (tertiary/aromatic N) is 1. The Kier molecular flexibility index (Phi) is 5.17. The van der Waals surface area contributed by atoms with Gasteiger partial charge in [0, 0.05) is 17.5 Å². The standard InChI is InChI=1S/C16H21N3O5S/c1-10(15(22)18-16(2,3)9-8-13(20)21)17-14-11-6-4-5-7-12(11)25(23,24)19-14/h4-7,10H,8-9H2,1-3H3,(H,17,19)(H,18,22)(H,20,21). The maximum Gasteiger partial charge on any atom is 0.303 e. The lowest BCUT2D eigenvalue weighted by atomic mass is 9.98. The quantitative estimate of drug-likeness (QED) is 0.688. The second kappa shape index (κ2) is 6.83. The second-order valence-electron chi connectivity index (χ2n) is 6.52. The molecule has 1 atom stereocenters. The van der Waals surface area contributed by atoms with E-state index < -0.39 is 33.5 Å². The summed E-state index contributed by atoms with van der Waals surface area (Å²) in [6, 6.07) is 5.55. The number of carbonyl (C=O) groups excluding carboxylic acids is 1. The zero-order valence-electron chi connectivity index (χ0n) is 14.2. The number of rotatable bonds is 6. The molecule has 0 fully saturated rings. The van der Waals surface area contributed by atoms with Gasteiger partial charge in [0.2, 0.25) is 5.91 Å². The first-order valence-corrected chi connectivity index (χ1v) is 9.24.